The number of hydrogen-bond donors (Lipinski definition) is 1. The molecule has 0 aromatic heterocycles. The maximum atomic E-state index is 12.6. The van der Waals surface area contributed by atoms with Gasteiger partial charge in [0.15, 0.2) is 5.43 Å². The molecule has 20 heavy (non-hydrogen) atoms. The lowest BCUT2D eigenvalue weighted by molar-refractivity contribution is 0.0697. The van der Waals surface area contributed by atoms with E-state index in [1.807, 2.05) is 25.1 Å². The van der Waals surface area contributed by atoms with Crippen molar-refractivity contribution in [2.75, 3.05) is 0 Å². The Morgan fingerprint density at radius 2 is 1.70 bits per heavy atom. The Balaban J connectivity index is 2.53. The molecule has 0 aliphatic carbocycles. The third-order valence-electron chi connectivity index (χ3n) is 3.54. The lowest BCUT2D eigenvalue weighted by Crippen LogP contribution is -2.01. The third-order valence-corrected chi connectivity index (χ3v) is 3.54. The summed E-state index contributed by atoms with van der Waals surface area (Å²) in [4.78, 5) is 23.6. The van der Waals surface area contributed by atoms with Gasteiger partial charge < -0.3 is 5.11 Å². The molecule has 0 amide bonds. The molecule has 3 rings (SSSR count). The molecule has 0 radical (unpaired) electrons. The smallest absolute Gasteiger partial charge is 0.335 e. The highest BCUT2D eigenvalue weighted by atomic mass is 16.4. The first kappa shape index (κ1) is 12.4. The van der Waals surface area contributed by atoms with Gasteiger partial charge in [-0.05, 0) is 41.5 Å². The van der Waals surface area contributed by atoms with Crippen molar-refractivity contribution in [3.63, 3.8) is 0 Å². The molecule has 3 aromatic carbocycles. The summed E-state index contributed by atoms with van der Waals surface area (Å²) < 4.78 is 0. The van der Waals surface area contributed by atoms with Crippen LogP contribution in [0.1, 0.15) is 15.9 Å². The van der Waals surface area contributed by atoms with Gasteiger partial charge in [0.05, 0.1) is 5.56 Å². The van der Waals surface area contributed by atoms with E-state index in [1.165, 1.54) is 12.1 Å². The monoisotopic (exact) mass is 264 g/mol. The minimum Gasteiger partial charge on any atom is -0.478 e. The fourth-order valence-corrected chi connectivity index (χ4v) is 2.46. The Hall–Kier alpha value is -2.68. The van der Waals surface area contributed by atoms with Crippen molar-refractivity contribution in [2.45, 2.75) is 6.92 Å². The number of rotatable bonds is 1. The summed E-state index contributed by atoms with van der Waals surface area (Å²) in [5.41, 5.74) is 1.14. The molecule has 3 heteroatoms. The van der Waals surface area contributed by atoms with Gasteiger partial charge in [-0.2, -0.15) is 0 Å². The van der Waals surface area contributed by atoms with E-state index < -0.39 is 5.97 Å². The molecule has 3 aromatic rings. The Bertz CT molecular complexity index is 911. The highest BCUT2D eigenvalue weighted by molar-refractivity contribution is 5.98. The summed E-state index contributed by atoms with van der Waals surface area (Å²) >= 11 is 0. The Morgan fingerprint density at radius 3 is 2.45 bits per heavy atom. The Kier molecular flexibility index (Phi) is 2.75. The number of carboxylic acid groups (broad SMARTS) is 1. The summed E-state index contributed by atoms with van der Waals surface area (Å²) in [5, 5.41) is 11.8. The van der Waals surface area contributed by atoms with Gasteiger partial charge in [-0.25, -0.2) is 4.79 Å². The number of aryl methyl sites for hydroxylation is 1. The third kappa shape index (κ3) is 1.84. The first-order valence-electron chi connectivity index (χ1n) is 6.27. The number of benzene rings is 2. The van der Waals surface area contributed by atoms with Crippen LogP contribution < -0.4 is 5.43 Å². The summed E-state index contributed by atoms with van der Waals surface area (Å²) in [7, 11) is 0. The average Bonchev–Trinajstić information content (AvgIpc) is 2.57. The van der Waals surface area contributed by atoms with E-state index in [9.17, 15) is 9.59 Å². The predicted octanol–water partition coefficient (Wildman–Crippen LogP) is 3.36. The standard InChI is InChI=1S/C17H12O3/c1-10-3-2-4-15-13(10)7-5-11-9-12(17(19)20)6-8-14(11)16(15)18/h2-9H,1H3,(H,19,20). The van der Waals surface area contributed by atoms with Crippen LogP contribution in [-0.4, -0.2) is 11.1 Å². The van der Waals surface area contributed by atoms with Gasteiger partial charge in [0.2, 0.25) is 0 Å². The van der Waals surface area contributed by atoms with E-state index in [-0.39, 0.29) is 11.0 Å². The molecule has 0 unspecified atom stereocenters. The van der Waals surface area contributed by atoms with Crippen molar-refractivity contribution in [3.8, 4) is 0 Å². The molecule has 0 fully saturated rings. The number of hydrogen-bond acceptors (Lipinski definition) is 2. The van der Waals surface area contributed by atoms with Crippen LogP contribution in [0.15, 0.2) is 53.3 Å². The second-order valence-electron chi connectivity index (χ2n) is 4.81. The molecule has 0 saturated heterocycles. The van der Waals surface area contributed by atoms with Crippen molar-refractivity contribution in [1.82, 2.24) is 0 Å². The van der Waals surface area contributed by atoms with E-state index in [4.69, 9.17) is 5.11 Å². The number of fused-ring (bicyclic) bond motifs is 2. The molecule has 0 bridgehead atoms. The van der Waals surface area contributed by atoms with Gasteiger partial charge in [0, 0.05) is 10.8 Å². The second kappa shape index (κ2) is 4.46. The molecule has 98 valence electrons. The lowest BCUT2D eigenvalue weighted by Gasteiger charge is -1.96. The number of carboxylic acids is 1. The predicted molar refractivity (Wildman–Crippen MR) is 79.4 cm³/mol. The van der Waals surface area contributed by atoms with Crippen molar-refractivity contribution >= 4 is 27.5 Å². The molecule has 0 saturated carbocycles. The summed E-state index contributed by atoms with van der Waals surface area (Å²) in [6.07, 6.45) is 0. The maximum Gasteiger partial charge on any atom is 0.335 e. The number of carbonyl (C=O) groups is 1. The molecule has 0 atom stereocenters. The van der Waals surface area contributed by atoms with Crippen molar-refractivity contribution < 1.29 is 9.90 Å². The summed E-state index contributed by atoms with van der Waals surface area (Å²) in [6, 6.07) is 13.9. The lowest BCUT2D eigenvalue weighted by atomic mass is 10.1. The van der Waals surface area contributed by atoms with Crippen LogP contribution in [0.3, 0.4) is 0 Å². The molecule has 0 heterocycles. The van der Waals surface area contributed by atoms with Gasteiger partial charge >= 0.3 is 5.97 Å². The highest BCUT2D eigenvalue weighted by Gasteiger charge is 2.07. The van der Waals surface area contributed by atoms with Crippen LogP contribution in [0, 0.1) is 6.92 Å². The highest BCUT2D eigenvalue weighted by Crippen LogP contribution is 2.19. The van der Waals surface area contributed by atoms with Crippen LogP contribution >= 0.6 is 0 Å². The van der Waals surface area contributed by atoms with Gasteiger partial charge in [-0.1, -0.05) is 30.3 Å². The van der Waals surface area contributed by atoms with E-state index in [0.717, 1.165) is 10.9 Å². The summed E-state index contributed by atoms with van der Waals surface area (Å²) in [6.45, 7) is 1.95. The largest absolute Gasteiger partial charge is 0.478 e. The maximum absolute atomic E-state index is 12.6. The first-order chi connectivity index (χ1) is 9.58. The van der Waals surface area contributed by atoms with E-state index in [1.54, 1.807) is 18.2 Å². The molecule has 0 aliphatic heterocycles. The first-order valence-corrected chi connectivity index (χ1v) is 6.27. The van der Waals surface area contributed by atoms with Crippen molar-refractivity contribution in [2.24, 2.45) is 0 Å². The fraction of sp³-hybridized carbons (Fsp3) is 0.0588. The molecular weight excluding hydrogens is 252 g/mol. The fourth-order valence-electron chi connectivity index (χ4n) is 2.46. The van der Waals surface area contributed by atoms with Crippen molar-refractivity contribution in [1.29, 1.82) is 0 Å². The molecule has 1 N–H and O–H groups in total. The van der Waals surface area contributed by atoms with Crippen LogP contribution in [0.4, 0.5) is 0 Å². The molecule has 0 spiro atoms. The molecule has 0 aliphatic rings. The quantitative estimate of drug-likeness (QED) is 0.733. The minimum atomic E-state index is -0.994. The Labute approximate surface area is 115 Å². The molecule has 3 nitrogen and oxygen atoms in total. The van der Waals surface area contributed by atoms with Crippen LogP contribution in [0.5, 0.6) is 0 Å². The van der Waals surface area contributed by atoms with Crippen LogP contribution in [-0.2, 0) is 0 Å². The zero-order chi connectivity index (χ0) is 14.3. The van der Waals surface area contributed by atoms with E-state index >= 15 is 0 Å². The SMILES string of the molecule is Cc1cccc2c(=O)c3ccc(C(=O)O)cc3ccc12. The average molecular weight is 264 g/mol. The Morgan fingerprint density at radius 1 is 0.950 bits per heavy atom. The van der Waals surface area contributed by atoms with Gasteiger partial charge in [0.1, 0.15) is 0 Å². The van der Waals surface area contributed by atoms with Gasteiger partial charge in [-0.3, -0.25) is 4.79 Å². The van der Waals surface area contributed by atoms with Crippen molar-refractivity contribution in [3.05, 3.63) is 69.9 Å². The van der Waals surface area contributed by atoms with Crippen LogP contribution in [0.25, 0.3) is 21.5 Å². The zero-order valence-electron chi connectivity index (χ0n) is 10.9. The van der Waals surface area contributed by atoms with E-state index in [0.29, 0.717) is 16.2 Å². The normalized spacial score (nSPS) is 10.8. The van der Waals surface area contributed by atoms with E-state index in [2.05, 4.69) is 0 Å². The second-order valence-corrected chi connectivity index (χ2v) is 4.81. The zero-order valence-corrected chi connectivity index (χ0v) is 10.9. The van der Waals surface area contributed by atoms with Gasteiger partial charge in [-0.15, -0.1) is 0 Å². The topological polar surface area (TPSA) is 54.4 Å². The minimum absolute atomic E-state index is 0.0689. The van der Waals surface area contributed by atoms with Crippen LogP contribution in [0.2, 0.25) is 0 Å². The van der Waals surface area contributed by atoms with Gasteiger partial charge in [0.25, 0.3) is 0 Å². The molecular formula is C17H12O3. The number of aromatic carboxylic acids is 1. The summed E-state index contributed by atoms with van der Waals surface area (Å²) in [5.74, 6) is -0.994.